The van der Waals surface area contributed by atoms with Crippen LogP contribution in [0.2, 0.25) is 0 Å². The molecule has 0 aliphatic carbocycles. The van der Waals surface area contributed by atoms with Gasteiger partial charge in [-0.1, -0.05) is 135 Å². The first-order valence-corrected chi connectivity index (χ1v) is 16.4. The van der Waals surface area contributed by atoms with Crippen molar-refractivity contribution in [2.75, 3.05) is 4.90 Å². The molecular weight excluding hydrogens is 569 g/mol. The van der Waals surface area contributed by atoms with E-state index in [0.29, 0.717) is 0 Å². The summed E-state index contributed by atoms with van der Waals surface area (Å²) in [7, 11) is 0. The number of nitrogens with zero attached hydrogens (tertiary/aromatic N) is 2. The lowest BCUT2D eigenvalue weighted by Crippen LogP contribution is -2.30. The zero-order valence-corrected chi connectivity index (χ0v) is 26.6. The van der Waals surface area contributed by atoms with Gasteiger partial charge in [-0.05, 0) is 81.9 Å². The average Bonchev–Trinajstić information content (AvgIpc) is 3.47. The van der Waals surface area contributed by atoms with Crippen LogP contribution in [0.3, 0.4) is 0 Å². The fourth-order valence-corrected chi connectivity index (χ4v) is 7.70. The Balaban J connectivity index is 1.40. The van der Waals surface area contributed by atoms with Crippen molar-refractivity contribution in [3.8, 4) is 27.9 Å². The third kappa shape index (κ3) is 4.26. The Bertz CT molecular complexity index is 2360. The highest BCUT2D eigenvalue weighted by Crippen LogP contribution is 2.55. The summed E-state index contributed by atoms with van der Waals surface area (Å²) in [6.45, 7) is 4.74. The quantitative estimate of drug-likeness (QED) is 0.195. The number of hydrogen-bond acceptors (Lipinski definition) is 1. The van der Waals surface area contributed by atoms with Crippen molar-refractivity contribution in [2.24, 2.45) is 0 Å². The zero-order valence-electron chi connectivity index (χ0n) is 26.6. The molecule has 0 N–H and O–H groups in total. The Kier molecular flexibility index (Phi) is 6.20. The molecule has 224 valence electrons. The maximum Gasteiger partial charge on any atom is 0.0602 e. The molecule has 0 bridgehead atoms. The minimum Gasteiger partial charge on any atom is -0.309 e. The average molecular weight is 603 g/mol. The predicted octanol–water partition coefficient (Wildman–Crippen LogP) is 12.2. The van der Waals surface area contributed by atoms with Crippen molar-refractivity contribution in [1.29, 1.82) is 0 Å². The van der Waals surface area contributed by atoms with Crippen LogP contribution in [-0.4, -0.2) is 4.57 Å². The van der Waals surface area contributed by atoms with Gasteiger partial charge in [-0.2, -0.15) is 0 Å². The lowest BCUT2D eigenvalue weighted by Gasteiger charge is -2.42. The largest absolute Gasteiger partial charge is 0.309 e. The summed E-state index contributed by atoms with van der Waals surface area (Å²) in [5, 5.41) is 2.53. The molecule has 0 radical (unpaired) electrons. The summed E-state index contributed by atoms with van der Waals surface area (Å²) in [4.78, 5) is 2.49. The number of aromatic nitrogens is 1. The van der Waals surface area contributed by atoms with Gasteiger partial charge in [0.05, 0.1) is 22.4 Å². The van der Waals surface area contributed by atoms with E-state index in [9.17, 15) is 0 Å². The van der Waals surface area contributed by atoms with E-state index < -0.39 is 0 Å². The van der Waals surface area contributed by atoms with Gasteiger partial charge in [0.25, 0.3) is 0 Å². The molecule has 7 aromatic carbocycles. The molecule has 1 aliphatic rings. The third-order valence-electron chi connectivity index (χ3n) is 9.93. The van der Waals surface area contributed by atoms with E-state index in [2.05, 4.69) is 193 Å². The van der Waals surface area contributed by atoms with Crippen molar-refractivity contribution < 1.29 is 0 Å². The van der Waals surface area contributed by atoms with Gasteiger partial charge in [0.1, 0.15) is 0 Å². The standard InChI is InChI=1S/C45H34N2/c1-45(2)38-23-13-15-25-41(38)47(35-20-10-5-11-21-35)44-39(45)26-27-42-43(44)37-22-12-14-24-40(37)46(42)36-29-33(31-16-6-3-7-17-31)28-34(30-36)32-18-8-4-9-19-32/h3-30H,1-2H3. The molecule has 8 aromatic rings. The van der Waals surface area contributed by atoms with E-state index in [4.69, 9.17) is 0 Å². The molecular formula is C45H34N2. The predicted molar refractivity (Wildman–Crippen MR) is 198 cm³/mol. The molecule has 2 nitrogen and oxygen atoms in total. The maximum atomic E-state index is 2.49. The second-order valence-corrected chi connectivity index (χ2v) is 13.0. The van der Waals surface area contributed by atoms with Crippen LogP contribution >= 0.6 is 0 Å². The Hall–Kier alpha value is -5.86. The van der Waals surface area contributed by atoms with Crippen LogP contribution in [0.15, 0.2) is 170 Å². The summed E-state index contributed by atoms with van der Waals surface area (Å²) >= 11 is 0. The Labute approximate surface area is 275 Å². The van der Waals surface area contributed by atoms with Crippen molar-refractivity contribution in [3.05, 3.63) is 181 Å². The molecule has 1 aromatic heterocycles. The summed E-state index contributed by atoms with van der Waals surface area (Å²) in [6.07, 6.45) is 0. The Morgan fingerprint density at radius 1 is 0.426 bits per heavy atom. The van der Waals surface area contributed by atoms with Gasteiger partial charge in [0.2, 0.25) is 0 Å². The first kappa shape index (κ1) is 27.5. The van der Waals surface area contributed by atoms with Crippen LogP contribution in [0.25, 0.3) is 49.7 Å². The molecule has 47 heavy (non-hydrogen) atoms. The van der Waals surface area contributed by atoms with Crippen LogP contribution in [-0.2, 0) is 5.41 Å². The maximum absolute atomic E-state index is 2.49. The first-order valence-electron chi connectivity index (χ1n) is 16.4. The first-order chi connectivity index (χ1) is 23.1. The molecule has 0 spiro atoms. The van der Waals surface area contributed by atoms with E-state index >= 15 is 0 Å². The molecule has 0 saturated heterocycles. The van der Waals surface area contributed by atoms with Crippen LogP contribution in [0.1, 0.15) is 25.0 Å². The fourth-order valence-electron chi connectivity index (χ4n) is 7.70. The number of rotatable bonds is 4. The molecule has 9 rings (SSSR count). The molecule has 1 aliphatic heterocycles. The molecule has 0 atom stereocenters. The van der Waals surface area contributed by atoms with Gasteiger partial charge < -0.3 is 9.47 Å². The topological polar surface area (TPSA) is 8.17 Å². The summed E-state index contributed by atoms with van der Waals surface area (Å²) in [5.74, 6) is 0. The van der Waals surface area contributed by atoms with Crippen molar-refractivity contribution in [2.45, 2.75) is 19.3 Å². The Morgan fingerprint density at radius 2 is 1.00 bits per heavy atom. The van der Waals surface area contributed by atoms with Crippen LogP contribution < -0.4 is 4.90 Å². The van der Waals surface area contributed by atoms with Crippen molar-refractivity contribution in [1.82, 2.24) is 4.57 Å². The normalized spacial score (nSPS) is 13.4. The monoisotopic (exact) mass is 602 g/mol. The number of para-hydroxylation sites is 3. The number of anilines is 3. The number of benzene rings is 7. The SMILES string of the molecule is CC1(C)c2ccccc2N(c2ccccc2)c2c1ccc1c2c2ccccc2n1-c1cc(-c2ccccc2)cc(-c2ccccc2)c1. The van der Waals surface area contributed by atoms with E-state index in [1.807, 2.05) is 0 Å². The lowest BCUT2D eigenvalue weighted by molar-refractivity contribution is 0.633. The highest BCUT2D eigenvalue weighted by Gasteiger charge is 2.38. The van der Waals surface area contributed by atoms with E-state index in [0.717, 1.165) is 5.69 Å². The minimum atomic E-state index is -0.178. The zero-order chi connectivity index (χ0) is 31.5. The smallest absolute Gasteiger partial charge is 0.0602 e. The van der Waals surface area contributed by atoms with Gasteiger partial charge >= 0.3 is 0 Å². The third-order valence-corrected chi connectivity index (χ3v) is 9.93. The van der Waals surface area contributed by atoms with Gasteiger partial charge in [0, 0.05) is 27.6 Å². The minimum absolute atomic E-state index is 0.178. The Morgan fingerprint density at radius 3 is 1.68 bits per heavy atom. The van der Waals surface area contributed by atoms with E-state index in [1.54, 1.807) is 0 Å². The summed E-state index contributed by atoms with van der Waals surface area (Å²) in [6, 6.07) is 61.8. The molecule has 2 heteroatoms. The van der Waals surface area contributed by atoms with Crippen molar-refractivity contribution >= 4 is 38.9 Å². The second kappa shape index (κ2) is 10.6. The molecule has 2 heterocycles. The van der Waals surface area contributed by atoms with Gasteiger partial charge in [-0.15, -0.1) is 0 Å². The fraction of sp³-hybridized carbons (Fsp3) is 0.0667. The molecule has 0 fully saturated rings. The van der Waals surface area contributed by atoms with E-state index in [1.165, 1.54) is 72.2 Å². The molecule has 0 amide bonds. The van der Waals surface area contributed by atoms with Crippen LogP contribution in [0, 0.1) is 0 Å². The van der Waals surface area contributed by atoms with Crippen LogP contribution in [0.5, 0.6) is 0 Å². The molecule has 0 saturated carbocycles. The highest BCUT2D eigenvalue weighted by molar-refractivity contribution is 6.18. The number of fused-ring (bicyclic) bond motifs is 6. The van der Waals surface area contributed by atoms with E-state index in [-0.39, 0.29) is 5.41 Å². The summed E-state index contributed by atoms with van der Waals surface area (Å²) < 4.78 is 2.47. The van der Waals surface area contributed by atoms with Crippen LogP contribution in [0.4, 0.5) is 17.1 Å². The summed E-state index contributed by atoms with van der Waals surface area (Å²) in [5.41, 5.74) is 14.5. The number of hydrogen-bond donors (Lipinski definition) is 0. The van der Waals surface area contributed by atoms with Gasteiger partial charge in [-0.25, -0.2) is 0 Å². The lowest BCUT2D eigenvalue weighted by atomic mass is 9.73. The van der Waals surface area contributed by atoms with Gasteiger partial charge in [0.15, 0.2) is 0 Å². The van der Waals surface area contributed by atoms with Crippen molar-refractivity contribution in [3.63, 3.8) is 0 Å². The highest BCUT2D eigenvalue weighted by atomic mass is 15.2. The molecule has 0 unspecified atom stereocenters. The van der Waals surface area contributed by atoms with Gasteiger partial charge in [-0.3, -0.25) is 0 Å². The second-order valence-electron chi connectivity index (χ2n) is 13.0.